The molecule has 0 radical (unpaired) electrons. The largest absolute Gasteiger partial charge is 0.354 e. The SMILES string of the molecule is Cn1nc(C(=O)NC2CCN(c3cnsn3)CC2)ccc1=O. The first-order valence-corrected chi connectivity index (χ1v) is 7.74. The third-order valence-electron chi connectivity index (χ3n) is 3.70. The second-order valence-electron chi connectivity index (χ2n) is 5.18. The van der Waals surface area contributed by atoms with Gasteiger partial charge in [-0.25, -0.2) is 4.68 Å². The number of carbonyl (C=O) groups is 1. The number of aryl methyl sites for hydroxylation is 1. The molecule has 1 N–H and O–H groups in total. The summed E-state index contributed by atoms with van der Waals surface area (Å²) in [4.78, 5) is 25.6. The fraction of sp³-hybridized carbons (Fsp3) is 0.462. The minimum absolute atomic E-state index is 0.106. The van der Waals surface area contributed by atoms with Gasteiger partial charge in [0.1, 0.15) is 5.69 Å². The molecule has 0 unspecified atom stereocenters. The van der Waals surface area contributed by atoms with E-state index in [0.29, 0.717) is 0 Å². The average molecular weight is 320 g/mol. The fourth-order valence-corrected chi connectivity index (χ4v) is 2.87. The number of amides is 1. The zero-order valence-corrected chi connectivity index (χ0v) is 12.9. The van der Waals surface area contributed by atoms with Gasteiger partial charge in [0.25, 0.3) is 11.5 Å². The molecule has 9 heteroatoms. The highest BCUT2D eigenvalue weighted by Crippen LogP contribution is 2.18. The van der Waals surface area contributed by atoms with Crippen LogP contribution in [0.15, 0.2) is 23.1 Å². The summed E-state index contributed by atoms with van der Waals surface area (Å²) < 4.78 is 9.38. The highest BCUT2D eigenvalue weighted by molar-refractivity contribution is 6.99. The minimum atomic E-state index is -0.246. The van der Waals surface area contributed by atoms with Crippen molar-refractivity contribution in [3.63, 3.8) is 0 Å². The molecule has 2 aromatic rings. The summed E-state index contributed by atoms with van der Waals surface area (Å²) in [6, 6.07) is 2.91. The molecular formula is C13H16N6O2S. The molecule has 1 saturated heterocycles. The number of hydrogen-bond donors (Lipinski definition) is 1. The molecular weight excluding hydrogens is 304 g/mol. The quantitative estimate of drug-likeness (QED) is 0.858. The van der Waals surface area contributed by atoms with Crippen LogP contribution in [0.5, 0.6) is 0 Å². The molecule has 8 nitrogen and oxygen atoms in total. The van der Waals surface area contributed by atoms with E-state index in [1.807, 2.05) is 0 Å². The molecule has 0 saturated carbocycles. The predicted molar refractivity (Wildman–Crippen MR) is 82.1 cm³/mol. The van der Waals surface area contributed by atoms with E-state index in [0.717, 1.165) is 36.4 Å². The highest BCUT2D eigenvalue weighted by Gasteiger charge is 2.23. The van der Waals surface area contributed by atoms with Crippen molar-refractivity contribution in [2.45, 2.75) is 18.9 Å². The molecule has 0 spiro atoms. The smallest absolute Gasteiger partial charge is 0.271 e. The maximum atomic E-state index is 12.2. The Balaban J connectivity index is 1.57. The van der Waals surface area contributed by atoms with Crippen molar-refractivity contribution < 1.29 is 4.79 Å². The molecule has 0 bridgehead atoms. The first-order valence-electron chi connectivity index (χ1n) is 7.01. The van der Waals surface area contributed by atoms with E-state index in [2.05, 4.69) is 24.1 Å². The lowest BCUT2D eigenvalue weighted by Crippen LogP contribution is -2.45. The summed E-state index contributed by atoms with van der Waals surface area (Å²) in [7, 11) is 1.53. The van der Waals surface area contributed by atoms with Crippen molar-refractivity contribution in [1.29, 1.82) is 0 Å². The number of anilines is 1. The summed E-state index contributed by atoms with van der Waals surface area (Å²) in [6.07, 6.45) is 3.45. The summed E-state index contributed by atoms with van der Waals surface area (Å²) >= 11 is 1.20. The van der Waals surface area contributed by atoms with Crippen LogP contribution in [0.3, 0.4) is 0 Å². The van der Waals surface area contributed by atoms with E-state index in [9.17, 15) is 9.59 Å². The Morgan fingerprint density at radius 2 is 2.14 bits per heavy atom. The van der Waals surface area contributed by atoms with Gasteiger partial charge in [0.05, 0.1) is 17.9 Å². The zero-order chi connectivity index (χ0) is 15.5. The maximum Gasteiger partial charge on any atom is 0.271 e. The lowest BCUT2D eigenvalue weighted by Gasteiger charge is -2.32. The number of aromatic nitrogens is 4. The molecule has 0 atom stereocenters. The maximum absolute atomic E-state index is 12.2. The van der Waals surface area contributed by atoms with Gasteiger partial charge in [0, 0.05) is 32.2 Å². The van der Waals surface area contributed by atoms with Crippen molar-refractivity contribution in [3.05, 3.63) is 34.4 Å². The van der Waals surface area contributed by atoms with Crippen LogP contribution in [-0.2, 0) is 7.05 Å². The molecule has 22 heavy (non-hydrogen) atoms. The van der Waals surface area contributed by atoms with E-state index < -0.39 is 0 Å². The van der Waals surface area contributed by atoms with Crippen LogP contribution in [0.4, 0.5) is 5.82 Å². The number of rotatable bonds is 3. The second-order valence-corrected chi connectivity index (χ2v) is 5.74. The van der Waals surface area contributed by atoms with Gasteiger partial charge in [-0.05, 0) is 18.9 Å². The highest BCUT2D eigenvalue weighted by atomic mass is 32.1. The number of carbonyl (C=O) groups excluding carboxylic acids is 1. The number of nitrogens with zero attached hydrogens (tertiary/aromatic N) is 5. The van der Waals surface area contributed by atoms with Crippen molar-refractivity contribution in [3.8, 4) is 0 Å². The summed E-state index contributed by atoms with van der Waals surface area (Å²) in [6.45, 7) is 1.66. The minimum Gasteiger partial charge on any atom is -0.354 e. The molecule has 3 heterocycles. The van der Waals surface area contributed by atoms with Gasteiger partial charge >= 0.3 is 0 Å². The summed E-state index contributed by atoms with van der Waals surface area (Å²) in [5.74, 6) is 0.652. The zero-order valence-electron chi connectivity index (χ0n) is 12.1. The van der Waals surface area contributed by atoms with E-state index in [1.165, 1.54) is 30.9 Å². The molecule has 1 amide bonds. The van der Waals surface area contributed by atoms with E-state index >= 15 is 0 Å². The Morgan fingerprint density at radius 1 is 1.36 bits per heavy atom. The number of piperidine rings is 1. The van der Waals surface area contributed by atoms with Crippen LogP contribution in [-0.4, -0.2) is 43.6 Å². The van der Waals surface area contributed by atoms with Crippen LogP contribution in [0.1, 0.15) is 23.3 Å². The molecule has 1 aliphatic rings. The average Bonchev–Trinajstić information content (AvgIpc) is 3.05. The van der Waals surface area contributed by atoms with Crippen molar-refractivity contribution in [2.24, 2.45) is 7.05 Å². The van der Waals surface area contributed by atoms with E-state index in [-0.39, 0.29) is 23.2 Å². The van der Waals surface area contributed by atoms with Gasteiger partial charge in [-0.15, -0.1) is 0 Å². The Labute approximate surface area is 131 Å². The summed E-state index contributed by atoms with van der Waals surface area (Å²) in [5, 5.41) is 6.93. The van der Waals surface area contributed by atoms with Crippen LogP contribution in [0, 0.1) is 0 Å². The standard InChI is InChI=1S/C13H16N6O2S/c1-18-12(20)3-2-10(16-18)13(21)15-9-4-6-19(7-5-9)11-8-14-22-17-11/h2-3,8-9H,4-7H2,1H3,(H,15,21). The predicted octanol–water partition coefficient (Wildman–Crippen LogP) is 0.0306. The number of nitrogens with one attached hydrogen (secondary N) is 1. The molecule has 116 valence electrons. The van der Waals surface area contributed by atoms with Crippen molar-refractivity contribution >= 4 is 23.5 Å². The first kappa shape index (κ1) is 14.6. The topological polar surface area (TPSA) is 93.0 Å². The van der Waals surface area contributed by atoms with Gasteiger partial charge in [-0.2, -0.15) is 13.8 Å². The Morgan fingerprint density at radius 3 is 2.77 bits per heavy atom. The Hall–Kier alpha value is -2.29. The summed E-state index contributed by atoms with van der Waals surface area (Å²) in [5.41, 5.74) is 0.0231. The van der Waals surface area contributed by atoms with Gasteiger partial charge in [-0.1, -0.05) is 0 Å². The third-order valence-corrected chi connectivity index (χ3v) is 4.17. The first-order chi connectivity index (χ1) is 10.6. The van der Waals surface area contributed by atoms with Gasteiger partial charge in [0.2, 0.25) is 0 Å². The molecule has 1 fully saturated rings. The molecule has 3 rings (SSSR count). The lowest BCUT2D eigenvalue weighted by atomic mass is 10.0. The van der Waals surface area contributed by atoms with Crippen molar-refractivity contribution in [2.75, 3.05) is 18.0 Å². The normalized spacial score (nSPS) is 15.8. The number of hydrogen-bond acceptors (Lipinski definition) is 7. The second kappa shape index (κ2) is 6.22. The van der Waals surface area contributed by atoms with Gasteiger partial charge in [0.15, 0.2) is 5.82 Å². The fourth-order valence-electron chi connectivity index (χ4n) is 2.43. The van der Waals surface area contributed by atoms with Crippen LogP contribution >= 0.6 is 11.7 Å². The van der Waals surface area contributed by atoms with Gasteiger partial charge < -0.3 is 10.2 Å². The monoisotopic (exact) mass is 320 g/mol. The van der Waals surface area contributed by atoms with Crippen molar-refractivity contribution in [1.82, 2.24) is 23.8 Å². The molecule has 0 aliphatic carbocycles. The van der Waals surface area contributed by atoms with Crippen LogP contribution in [0.2, 0.25) is 0 Å². The molecule has 2 aromatic heterocycles. The Bertz CT molecular complexity index is 706. The van der Waals surface area contributed by atoms with Gasteiger partial charge in [-0.3, -0.25) is 9.59 Å². The molecule has 1 aliphatic heterocycles. The third kappa shape index (κ3) is 3.14. The molecule has 0 aromatic carbocycles. The van der Waals surface area contributed by atoms with Crippen LogP contribution < -0.4 is 15.8 Å². The lowest BCUT2D eigenvalue weighted by molar-refractivity contribution is 0.0923. The van der Waals surface area contributed by atoms with Crippen LogP contribution in [0.25, 0.3) is 0 Å². The Kier molecular flexibility index (Phi) is 4.14. The van der Waals surface area contributed by atoms with E-state index in [1.54, 1.807) is 6.20 Å². The van der Waals surface area contributed by atoms with E-state index in [4.69, 9.17) is 0 Å².